The molecule has 1 unspecified atom stereocenters. The largest absolute Gasteiger partial charge is 0.356 e. The maximum absolute atomic E-state index is 12.9. The number of rotatable bonds is 3. The summed E-state index contributed by atoms with van der Waals surface area (Å²) in [5.74, 6) is 2.67. The molecule has 1 aromatic rings. The van der Waals surface area contributed by atoms with E-state index in [1.54, 1.807) is 0 Å². The molecule has 3 fully saturated rings. The summed E-state index contributed by atoms with van der Waals surface area (Å²) in [6.07, 6.45) is 7.96. The summed E-state index contributed by atoms with van der Waals surface area (Å²) in [6.45, 7) is 6.34. The van der Waals surface area contributed by atoms with Crippen LogP contribution in [0.15, 0.2) is 18.3 Å². The first-order chi connectivity index (χ1) is 12.2. The van der Waals surface area contributed by atoms with E-state index in [4.69, 9.17) is 0 Å². The Bertz CT molecular complexity index is 605. The predicted molar refractivity (Wildman–Crippen MR) is 99.9 cm³/mol. The zero-order chi connectivity index (χ0) is 17.2. The van der Waals surface area contributed by atoms with Gasteiger partial charge in [-0.25, -0.2) is 4.98 Å². The minimum Gasteiger partial charge on any atom is -0.356 e. The van der Waals surface area contributed by atoms with Crippen LogP contribution in [0.4, 0.5) is 5.82 Å². The van der Waals surface area contributed by atoms with Gasteiger partial charge in [-0.2, -0.15) is 0 Å². The fourth-order valence-electron chi connectivity index (χ4n) is 4.77. The van der Waals surface area contributed by atoms with Crippen molar-refractivity contribution in [3.05, 3.63) is 23.9 Å². The van der Waals surface area contributed by atoms with Gasteiger partial charge >= 0.3 is 0 Å². The van der Waals surface area contributed by atoms with E-state index < -0.39 is 0 Å². The molecule has 0 N–H and O–H groups in total. The van der Waals surface area contributed by atoms with Gasteiger partial charge in [0.2, 0.25) is 0 Å². The van der Waals surface area contributed by atoms with Gasteiger partial charge in [0.1, 0.15) is 5.82 Å². The highest BCUT2D eigenvalue weighted by Crippen LogP contribution is 2.34. The number of aromatic nitrogens is 1. The Morgan fingerprint density at radius 1 is 1.04 bits per heavy atom. The van der Waals surface area contributed by atoms with Crippen LogP contribution in [-0.2, 0) is 0 Å². The van der Waals surface area contributed by atoms with Crippen LogP contribution in [0.5, 0.6) is 0 Å². The molecule has 5 nitrogen and oxygen atoms in total. The van der Waals surface area contributed by atoms with Crippen molar-refractivity contribution in [2.24, 2.45) is 11.8 Å². The van der Waals surface area contributed by atoms with Crippen LogP contribution in [-0.4, -0.2) is 67.0 Å². The topological polar surface area (TPSA) is 39.7 Å². The zero-order valence-corrected chi connectivity index (χ0v) is 15.4. The van der Waals surface area contributed by atoms with Gasteiger partial charge < -0.3 is 14.7 Å². The van der Waals surface area contributed by atoms with Crippen molar-refractivity contribution in [1.82, 2.24) is 14.8 Å². The van der Waals surface area contributed by atoms with E-state index >= 15 is 0 Å². The van der Waals surface area contributed by atoms with E-state index in [-0.39, 0.29) is 5.91 Å². The molecule has 4 rings (SSSR count). The number of anilines is 1. The number of piperidine rings is 1. The summed E-state index contributed by atoms with van der Waals surface area (Å²) in [6, 6.07) is 3.86. The molecule has 3 saturated heterocycles. The van der Waals surface area contributed by atoms with Crippen molar-refractivity contribution in [3.63, 3.8) is 0 Å². The van der Waals surface area contributed by atoms with Gasteiger partial charge in [0, 0.05) is 32.4 Å². The van der Waals surface area contributed by atoms with Crippen molar-refractivity contribution in [3.8, 4) is 0 Å². The lowest BCUT2D eigenvalue weighted by atomic mass is 9.84. The Hall–Kier alpha value is -1.62. The zero-order valence-electron chi connectivity index (χ0n) is 15.4. The summed E-state index contributed by atoms with van der Waals surface area (Å²) < 4.78 is 0. The number of pyridine rings is 1. The van der Waals surface area contributed by atoms with Crippen molar-refractivity contribution < 1.29 is 4.79 Å². The second-order valence-corrected chi connectivity index (χ2v) is 8.01. The number of carbonyl (C=O) groups is 1. The summed E-state index contributed by atoms with van der Waals surface area (Å²) in [7, 11) is 2.22. The van der Waals surface area contributed by atoms with Crippen LogP contribution < -0.4 is 4.90 Å². The van der Waals surface area contributed by atoms with E-state index in [9.17, 15) is 4.79 Å². The van der Waals surface area contributed by atoms with Gasteiger partial charge in [-0.3, -0.25) is 4.79 Å². The number of carbonyl (C=O) groups excluding carboxylic acids is 1. The molecule has 3 aliphatic rings. The molecule has 0 bridgehead atoms. The number of nitrogens with zero attached hydrogens (tertiary/aromatic N) is 4. The third-order valence-electron chi connectivity index (χ3n) is 6.36. The molecule has 0 aliphatic carbocycles. The Labute approximate surface area is 151 Å². The van der Waals surface area contributed by atoms with E-state index in [1.807, 2.05) is 23.2 Å². The highest BCUT2D eigenvalue weighted by atomic mass is 16.2. The van der Waals surface area contributed by atoms with Gasteiger partial charge in [-0.1, -0.05) is 0 Å². The molecule has 0 spiro atoms. The number of hydrogen-bond donors (Lipinski definition) is 0. The van der Waals surface area contributed by atoms with Crippen LogP contribution in [0.25, 0.3) is 0 Å². The van der Waals surface area contributed by atoms with E-state index in [0.29, 0.717) is 0 Å². The van der Waals surface area contributed by atoms with E-state index in [0.717, 1.165) is 62.2 Å². The summed E-state index contributed by atoms with van der Waals surface area (Å²) in [5.41, 5.74) is 0.799. The average Bonchev–Trinajstić information content (AvgIpc) is 3.34. The molecule has 0 aromatic carbocycles. The molecule has 1 amide bonds. The van der Waals surface area contributed by atoms with Crippen LogP contribution in [0.3, 0.4) is 0 Å². The van der Waals surface area contributed by atoms with E-state index in [1.165, 1.54) is 32.4 Å². The lowest BCUT2D eigenvalue weighted by Crippen LogP contribution is -2.35. The minimum absolute atomic E-state index is 0.170. The summed E-state index contributed by atoms with van der Waals surface area (Å²) in [4.78, 5) is 24.3. The molecular formula is C20H30N4O. The molecule has 3 aliphatic heterocycles. The highest BCUT2D eigenvalue weighted by Gasteiger charge is 2.33. The summed E-state index contributed by atoms with van der Waals surface area (Å²) >= 11 is 0. The van der Waals surface area contributed by atoms with Gasteiger partial charge in [0.05, 0.1) is 5.56 Å². The quantitative estimate of drug-likeness (QED) is 0.846. The van der Waals surface area contributed by atoms with Crippen molar-refractivity contribution in [2.75, 3.05) is 51.2 Å². The maximum atomic E-state index is 12.9. The fourth-order valence-corrected chi connectivity index (χ4v) is 4.77. The lowest BCUT2D eigenvalue weighted by molar-refractivity contribution is 0.0793. The predicted octanol–water partition coefficient (Wildman–Crippen LogP) is 2.49. The Balaban J connectivity index is 1.46. The third kappa shape index (κ3) is 3.52. The van der Waals surface area contributed by atoms with Crippen molar-refractivity contribution in [1.29, 1.82) is 0 Å². The SMILES string of the molecule is CN1CCC(C2CCN(c3ncccc3C(=O)N3CCCC3)C2)CC1. The van der Waals surface area contributed by atoms with Gasteiger partial charge in [0.25, 0.3) is 5.91 Å². The molecule has 5 heteroatoms. The van der Waals surface area contributed by atoms with Crippen molar-refractivity contribution >= 4 is 11.7 Å². The standard InChI is InChI=1S/C20H30N4O/c1-22-12-6-16(7-13-22)17-8-14-24(15-17)19-18(5-4-9-21-19)20(25)23-10-2-3-11-23/h4-5,9,16-17H,2-3,6-8,10-15H2,1H3. The van der Waals surface area contributed by atoms with Crippen LogP contribution in [0.1, 0.15) is 42.5 Å². The average molecular weight is 342 g/mol. The van der Waals surface area contributed by atoms with Crippen LogP contribution >= 0.6 is 0 Å². The smallest absolute Gasteiger partial charge is 0.257 e. The molecule has 0 saturated carbocycles. The minimum atomic E-state index is 0.170. The monoisotopic (exact) mass is 342 g/mol. The molecule has 136 valence electrons. The third-order valence-corrected chi connectivity index (χ3v) is 6.36. The Kier molecular flexibility index (Phi) is 4.93. The van der Waals surface area contributed by atoms with Crippen LogP contribution in [0, 0.1) is 11.8 Å². The Morgan fingerprint density at radius 3 is 2.52 bits per heavy atom. The first kappa shape index (κ1) is 16.8. The Morgan fingerprint density at radius 2 is 1.76 bits per heavy atom. The maximum Gasteiger partial charge on any atom is 0.257 e. The van der Waals surface area contributed by atoms with Gasteiger partial charge in [0.15, 0.2) is 0 Å². The first-order valence-electron chi connectivity index (χ1n) is 9.90. The number of amides is 1. The molecular weight excluding hydrogens is 312 g/mol. The highest BCUT2D eigenvalue weighted by molar-refractivity contribution is 5.99. The molecule has 1 atom stereocenters. The number of hydrogen-bond acceptors (Lipinski definition) is 4. The molecule has 0 radical (unpaired) electrons. The van der Waals surface area contributed by atoms with Gasteiger partial charge in [-0.15, -0.1) is 0 Å². The molecule has 4 heterocycles. The first-order valence-corrected chi connectivity index (χ1v) is 9.90. The molecule has 25 heavy (non-hydrogen) atoms. The lowest BCUT2D eigenvalue weighted by Gasteiger charge is -2.32. The normalized spacial score (nSPS) is 25.7. The second-order valence-electron chi connectivity index (χ2n) is 8.01. The van der Waals surface area contributed by atoms with Gasteiger partial charge in [-0.05, 0) is 76.2 Å². The fraction of sp³-hybridized carbons (Fsp3) is 0.700. The second kappa shape index (κ2) is 7.32. The molecule has 1 aromatic heterocycles. The van der Waals surface area contributed by atoms with Crippen molar-refractivity contribution in [2.45, 2.75) is 32.1 Å². The van der Waals surface area contributed by atoms with Crippen LogP contribution in [0.2, 0.25) is 0 Å². The number of likely N-dealkylation sites (tertiary alicyclic amines) is 2. The van der Waals surface area contributed by atoms with E-state index in [2.05, 4.69) is 21.8 Å². The summed E-state index contributed by atoms with van der Waals surface area (Å²) in [5, 5.41) is 0.